The number of hydrogen-bond donors (Lipinski definition) is 0. The fraction of sp³-hybridized carbons (Fsp3) is 0.286. The van der Waals surface area contributed by atoms with Crippen LogP contribution >= 0.6 is 11.8 Å². The minimum absolute atomic E-state index is 0.324. The molecule has 0 aromatic heterocycles. The van der Waals surface area contributed by atoms with E-state index in [9.17, 15) is 4.39 Å². The Morgan fingerprint density at radius 2 is 1.95 bits per heavy atom. The zero-order valence-corrected chi connectivity index (χ0v) is 12.5. The van der Waals surface area contributed by atoms with Gasteiger partial charge in [0.15, 0.2) is 5.17 Å². The Morgan fingerprint density at radius 1 is 1.32 bits per heavy atom. The maximum Gasteiger partial charge on any atom is 0.163 e. The molecule has 5 heteroatoms. The molecular weight excluding hydrogens is 261 g/mol. The molecule has 0 aliphatic rings. The van der Waals surface area contributed by atoms with Crippen molar-refractivity contribution >= 4 is 22.6 Å². The molecule has 3 nitrogen and oxygen atoms in total. The molecule has 0 saturated heterocycles. The van der Waals surface area contributed by atoms with Crippen molar-refractivity contribution in [3.8, 4) is 0 Å². The van der Waals surface area contributed by atoms with Gasteiger partial charge in [0.05, 0.1) is 11.4 Å². The Kier molecular flexibility index (Phi) is 5.76. The summed E-state index contributed by atoms with van der Waals surface area (Å²) in [6, 6.07) is 6.49. The molecule has 0 heterocycles. The highest BCUT2D eigenvalue weighted by atomic mass is 32.2. The van der Waals surface area contributed by atoms with Gasteiger partial charge in [-0.3, -0.25) is 4.99 Å². The van der Waals surface area contributed by atoms with Gasteiger partial charge in [-0.05, 0) is 18.4 Å². The average Bonchev–Trinajstić information content (AvgIpc) is 2.38. The highest BCUT2D eigenvalue weighted by molar-refractivity contribution is 8.13. The zero-order chi connectivity index (χ0) is 14.4. The van der Waals surface area contributed by atoms with Gasteiger partial charge in [-0.15, -0.1) is 0 Å². The first-order valence-electron chi connectivity index (χ1n) is 5.72. The van der Waals surface area contributed by atoms with Gasteiger partial charge in [-0.25, -0.2) is 9.38 Å². The second-order valence-corrected chi connectivity index (χ2v) is 4.77. The summed E-state index contributed by atoms with van der Waals surface area (Å²) < 4.78 is 13.8. The summed E-state index contributed by atoms with van der Waals surface area (Å²) in [5, 5.41) is 0.794. The van der Waals surface area contributed by atoms with Gasteiger partial charge in [-0.1, -0.05) is 30.5 Å². The Hall–Kier alpha value is -1.62. The van der Waals surface area contributed by atoms with Gasteiger partial charge in [0.2, 0.25) is 0 Å². The molecule has 0 aliphatic heterocycles. The van der Waals surface area contributed by atoms with E-state index < -0.39 is 0 Å². The van der Waals surface area contributed by atoms with Crippen molar-refractivity contribution in [1.82, 2.24) is 4.90 Å². The predicted molar refractivity (Wildman–Crippen MR) is 82.6 cm³/mol. The summed E-state index contributed by atoms with van der Waals surface area (Å²) in [5.41, 5.74) is 1.33. The Bertz CT molecular complexity index is 521. The van der Waals surface area contributed by atoms with Crippen molar-refractivity contribution < 1.29 is 4.39 Å². The number of nitrogens with zero attached hydrogens (tertiary/aromatic N) is 3. The normalized spacial score (nSPS) is 12.5. The van der Waals surface area contributed by atoms with Crippen LogP contribution in [0, 0.1) is 5.82 Å². The first-order chi connectivity index (χ1) is 9.01. The standard InChI is InChI=1S/C14H18FN3S/c1-10(17-14(19-5)18(3)4)13(16-2)11-8-6-7-9-12(11)15/h6-9H,1H2,2-5H3/b16-13+,17-14+. The molecule has 102 valence electrons. The molecule has 0 atom stereocenters. The number of halogens is 1. The van der Waals surface area contributed by atoms with E-state index >= 15 is 0 Å². The van der Waals surface area contributed by atoms with Gasteiger partial charge < -0.3 is 4.90 Å². The maximum atomic E-state index is 13.8. The predicted octanol–water partition coefficient (Wildman–Crippen LogP) is 3.04. The van der Waals surface area contributed by atoms with Gasteiger partial charge >= 0.3 is 0 Å². The van der Waals surface area contributed by atoms with E-state index in [4.69, 9.17) is 0 Å². The Balaban J connectivity index is 3.13. The fourth-order valence-electron chi connectivity index (χ4n) is 1.55. The number of rotatable bonds is 3. The van der Waals surface area contributed by atoms with Crippen LogP contribution in [0.2, 0.25) is 0 Å². The van der Waals surface area contributed by atoms with E-state index in [1.54, 1.807) is 25.2 Å². The molecule has 0 unspecified atom stereocenters. The van der Waals surface area contributed by atoms with Crippen molar-refractivity contribution in [3.63, 3.8) is 0 Å². The number of amidine groups is 1. The van der Waals surface area contributed by atoms with Gasteiger partial charge in [0.1, 0.15) is 5.82 Å². The minimum Gasteiger partial charge on any atom is -0.357 e. The number of thioether (sulfide) groups is 1. The Labute approximate surface area is 118 Å². The average molecular weight is 279 g/mol. The number of aliphatic imine (C=N–C) groups is 2. The van der Waals surface area contributed by atoms with E-state index in [0.29, 0.717) is 17.0 Å². The molecule has 0 N–H and O–H groups in total. The van der Waals surface area contributed by atoms with Crippen molar-refractivity contribution in [3.05, 3.63) is 47.9 Å². The molecule has 19 heavy (non-hydrogen) atoms. The number of hydrogen-bond acceptors (Lipinski definition) is 3. The lowest BCUT2D eigenvalue weighted by atomic mass is 10.1. The first-order valence-corrected chi connectivity index (χ1v) is 6.94. The smallest absolute Gasteiger partial charge is 0.163 e. The summed E-state index contributed by atoms with van der Waals surface area (Å²) >= 11 is 1.50. The lowest BCUT2D eigenvalue weighted by molar-refractivity contribution is 0.625. The highest BCUT2D eigenvalue weighted by Gasteiger charge is 2.12. The largest absolute Gasteiger partial charge is 0.357 e. The molecule has 1 aromatic carbocycles. The number of allylic oxidation sites excluding steroid dienone is 1. The topological polar surface area (TPSA) is 28.0 Å². The summed E-state index contributed by atoms with van der Waals surface area (Å²) in [6.07, 6.45) is 1.93. The monoisotopic (exact) mass is 279 g/mol. The maximum absolute atomic E-state index is 13.8. The Morgan fingerprint density at radius 3 is 2.42 bits per heavy atom. The first kappa shape index (κ1) is 15.4. The SMILES string of the molecule is C=C(/N=C(/SC)N(C)C)/C(=N\C)c1ccccc1F. The summed E-state index contributed by atoms with van der Waals surface area (Å²) in [7, 11) is 5.40. The van der Waals surface area contributed by atoms with Gasteiger partial charge in [-0.2, -0.15) is 0 Å². The second kappa shape index (κ2) is 7.09. The van der Waals surface area contributed by atoms with Crippen LogP contribution in [0.1, 0.15) is 5.56 Å². The fourth-order valence-corrected chi connectivity index (χ4v) is 2.12. The summed E-state index contributed by atoms with van der Waals surface area (Å²) in [6.45, 7) is 3.89. The van der Waals surface area contributed by atoms with Crippen LogP contribution in [-0.4, -0.2) is 43.2 Å². The third-order valence-corrected chi connectivity index (χ3v) is 3.24. The molecule has 0 saturated carbocycles. The third kappa shape index (κ3) is 3.92. The summed E-state index contributed by atoms with van der Waals surface area (Å²) in [4.78, 5) is 10.4. The summed E-state index contributed by atoms with van der Waals surface area (Å²) in [5.74, 6) is -0.324. The molecule has 0 bridgehead atoms. The van der Waals surface area contributed by atoms with Crippen molar-refractivity contribution in [1.29, 1.82) is 0 Å². The van der Waals surface area contributed by atoms with E-state index in [1.807, 2.05) is 25.3 Å². The lowest BCUT2D eigenvalue weighted by Gasteiger charge is -2.14. The molecule has 0 amide bonds. The van der Waals surface area contributed by atoms with Crippen molar-refractivity contribution in [2.24, 2.45) is 9.98 Å². The highest BCUT2D eigenvalue weighted by Crippen LogP contribution is 2.15. The second-order valence-electron chi connectivity index (χ2n) is 3.99. The van der Waals surface area contributed by atoms with Crippen LogP contribution in [0.4, 0.5) is 4.39 Å². The van der Waals surface area contributed by atoms with E-state index in [-0.39, 0.29) is 5.82 Å². The minimum atomic E-state index is -0.324. The van der Waals surface area contributed by atoms with Crippen LogP contribution in [-0.2, 0) is 0 Å². The van der Waals surface area contributed by atoms with Gasteiger partial charge in [0.25, 0.3) is 0 Å². The van der Waals surface area contributed by atoms with E-state index in [1.165, 1.54) is 17.8 Å². The van der Waals surface area contributed by atoms with Crippen molar-refractivity contribution in [2.75, 3.05) is 27.4 Å². The van der Waals surface area contributed by atoms with E-state index in [2.05, 4.69) is 16.6 Å². The van der Waals surface area contributed by atoms with Crippen LogP contribution < -0.4 is 0 Å². The van der Waals surface area contributed by atoms with Crippen LogP contribution in [0.25, 0.3) is 0 Å². The van der Waals surface area contributed by atoms with E-state index in [0.717, 1.165) is 5.17 Å². The zero-order valence-electron chi connectivity index (χ0n) is 11.6. The molecular formula is C14H18FN3S. The molecule has 0 fully saturated rings. The van der Waals surface area contributed by atoms with Crippen LogP contribution in [0.15, 0.2) is 46.5 Å². The quantitative estimate of drug-likeness (QED) is 0.628. The molecule has 1 rings (SSSR count). The molecule has 0 radical (unpaired) electrons. The van der Waals surface area contributed by atoms with Crippen LogP contribution in [0.3, 0.4) is 0 Å². The van der Waals surface area contributed by atoms with Gasteiger partial charge in [0, 0.05) is 26.7 Å². The van der Waals surface area contributed by atoms with Crippen molar-refractivity contribution in [2.45, 2.75) is 0 Å². The molecule has 1 aromatic rings. The molecule has 0 spiro atoms. The molecule has 0 aliphatic carbocycles. The lowest BCUT2D eigenvalue weighted by Crippen LogP contribution is -2.19. The third-order valence-electron chi connectivity index (χ3n) is 2.42. The number of benzene rings is 1. The van der Waals surface area contributed by atoms with Crippen LogP contribution in [0.5, 0.6) is 0 Å².